The van der Waals surface area contributed by atoms with Gasteiger partial charge in [0.05, 0.1) is 13.2 Å². The van der Waals surface area contributed by atoms with Crippen molar-refractivity contribution < 1.29 is 23.1 Å². The molecule has 0 aromatic heterocycles. The molecule has 1 aromatic carbocycles. The van der Waals surface area contributed by atoms with Crippen LogP contribution in [0, 0.1) is 11.8 Å². The largest absolute Gasteiger partial charge is 0.445 e. The first kappa shape index (κ1) is 21.3. The van der Waals surface area contributed by atoms with Crippen molar-refractivity contribution >= 4 is 13.8 Å². The van der Waals surface area contributed by atoms with E-state index in [-0.39, 0.29) is 18.7 Å². The van der Waals surface area contributed by atoms with Gasteiger partial charge in [-0.25, -0.2) is 14.4 Å². The molecule has 1 saturated heterocycles. The smallest absolute Gasteiger partial charge is 0.410 e. The third-order valence-corrected chi connectivity index (χ3v) is 7.12. The first-order valence-electron chi connectivity index (χ1n) is 10.2. The van der Waals surface area contributed by atoms with E-state index in [1.807, 2.05) is 30.3 Å². The van der Waals surface area contributed by atoms with E-state index in [2.05, 4.69) is 5.09 Å². The predicted octanol–water partition coefficient (Wildman–Crippen LogP) is 4.19. The van der Waals surface area contributed by atoms with Crippen LogP contribution in [-0.4, -0.2) is 43.3 Å². The average Bonchev–Trinajstić information content (AvgIpc) is 3.52. The fourth-order valence-corrected chi connectivity index (χ4v) is 5.41. The average molecular weight is 410 g/mol. The highest BCUT2D eigenvalue weighted by molar-refractivity contribution is 7.51. The molecule has 1 aromatic rings. The molecule has 7 nitrogen and oxygen atoms in total. The van der Waals surface area contributed by atoms with Gasteiger partial charge in [-0.2, -0.15) is 0 Å². The summed E-state index contributed by atoms with van der Waals surface area (Å²) in [5.74, 6) is 0.990. The van der Waals surface area contributed by atoms with E-state index < -0.39 is 7.75 Å². The molecule has 2 fully saturated rings. The highest BCUT2D eigenvalue weighted by Gasteiger charge is 2.43. The molecule has 0 bridgehead atoms. The number of benzene rings is 1. The zero-order valence-electron chi connectivity index (χ0n) is 16.7. The summed E-state index contributed by atoms with van der Waals surface area (Å²) in [4.78, 5) is 14.3. The minimum Gasteiger partial charge on any atom is -0.445 e. The molecule has 0 spiro atoms. The van der Waals surface area contributed by atoms with Crippen molar-refractivity contribution in [3.05, 3.63) is 35.9 Å². The van der Waals surface area contributed by atoms with Gasteiger partial charge in [-0.15, -0.1) is 0 Å². The normalized spacial score (nSPS) is 22.9. The Balaban J connectivity index is 1.62. The molecule has 0 unspecified atom stereocenters. The molecule has 1 heterocycles. The van der Waals surface area contributed by atoms with E-state index in [4.69, 9.17) is 13.8 Å². The maximum Gasteiger partial charge on any atom is 0.410 e. The molecular formula is C20H31N2O5P. The molecule has 1 aliphatic heterocycles. The molecule has 1 N–H and O–H groups in total. The maximum atomic E-state index is 13.0. The minimum absolute atomic E-state index is 0.130. The lowest BCUT2D eigenvalue weighted by Crippen LogP contribution is -2.52. The Morgan fingerprint density at radius 1 is 1.14 bits per heavy atom. The van der Waals surface area contributed by atoms with Crippen LogP contribution >= 0.6 is 7.75 Å². The monoisotopic (exact) mass is 410 g/mol. The van der Waals surface area contributed by atoms with Crippen LogP contribution in [0.3, 0.4) is 0 Å². The fraction of sp³-hybridized carbons (Fsp3) is 0.650. The van der Waals surface area contributed by atoms with Crippen molar-refractivity contribution in [2.45, 2.75) is 45.8 Å². The van der Waals surface area contributed by atoms with Crippen LogP contribution in [0.5, 0.6) is 0 Å². The van der Waals surface area contributed by atoms with Crippen LogP contribution in [0.1, 0.15) is 38.7 Å². The number of ether oxygens (including phenoxy) is 1. The summed E-state index contributed by atoms with van der Waals surface area (Å²) in [5, 5.41) is 3.13. The summed E-state index contributed by atoms with van der Waals surface area (Å²) in [6.45, 7) is 5.53. The van der Waals surface area contributed by atoms with Crippen molar-refractivity contribution in [3.8, 4) is 0 Å². The number of nitrogens with one attached hydrogen (secondary N) is 1. The molecule has 1 saturated carbocycles. The fourth-order valence-electron chi connectivity index (χ4n) is 3.83. The number of piperidine rings is 1. The first-order valence-corrected chi connectivity index (χ1v) is 11.7. The van der Waals surface area contributed by atoms with E-state index in [0.29, 0.717) is 38.1 Å². The van der Waals surface area contributed by atoms with Crippen LogP contribution in [0.25, 0.3) is 0 Å². The van der Waals surface area contributed by atoms with E-state index >= 15 is 0 Å². The van der Waals surface area contributed by atoms with E-state index in [9.17, 15) is 9.36 Å². The predicted molar refractivity (Wildman–Crippen MR) is 107 cm³/mol. The first-order chi connectivity index (χ1) is 13.5. The number of carbonyl (C=O) groups excluding carboxylic acids is 1. The van der Waals surface area contributed by atoms with Gasteiger partial charge in [0.2, 0.25) is 0 Å². The highest BCUT2D eigenvalue weighted by atomic mass is 31.2. The summed E-state index contributed by atoms with van der Waals surface area (Å²) in [6.07, 6.45) is 2.90. The standard InChI is InChI=1S/C20H31N2O5P/c1-3-26-28(24,27-4-2)21-19-14-22(13-12-18(19)17-10-11-17)20(23)25-15-16-8-6-5-7-9-16/h5-9,17-19H,3-4,10-15H2,1-2H3,(H,21,24)/t18-,19+/m0/s1. The van der Waals surface area contributed by atoms with Crippen molar-refractivity contribution in [1.82, 2.24) is 9.99 Å². The second-order valence-electron chi connectivity index (χ2n) is 7.34. The molecule has 3 rings (SSSR count). The van der Waals surface area contributed by atoms with Crippen LogP contribution < -0.4 is 5.09 Å². The lowest BCUT2D eigenvalue weighted by Gasteiger charge is -2.39. The summed E-state index contributed by atoms with van der Waals surface area (Å²) in [5.41, 5.74) is 0.954. The number of rotatable bonds is 9. The number of carbonyl (C=O) groups is 1. The van der Waals surface area contributed by atoms with Gasteiger partial charge in [0, 0.05) is 19.1 Å². The molecule has 28 heavy (non-hydrogen) atoms. The number of hydrogen-bond acceptors (Lipinski definition) is 5. The number of amides is 1. The third-order valence-electron chi connectivity index (χ3n) is 5.28. The Morgan fingerprint density at radius 2 is 1.82 bits per heavy atom. The summed E-state index contributed by atoms with van der Waals surface area (Å²) < 4.78 is 29.3. The van der Waals surface area contributed by atoms with Gasteiger partial charge in [0.1, 0.15) is 6.61 Å². The Morgan fingerprint density at radius 3 is 2.43 bits per heavy atom. The highest BCUT2D eigenvalue weighted by Crippen LogP contribution is 2.48. The quantitative estimate of drug-likeness (QED) is 0.615. The van der Waals surface area contributed by atoms with E-state index in [1.165, 1.54) is 12.8 Å². The maximum absolute atomic E-state index is 13.0. The van der Waals surface area contributed by atoms with Crippen LogP contribution in [0.2, 0.25) is 0 Å². The molecule has 2 atom stereocenters. The lowest BCUT2D eigenvalue weighted by molar-refractivity contribution is 0.0695. The van der Waals surface area contributed by atoms with Gasteiger partial charge >= 0.3 is 13.8 Å². The third kappa shape index (κ3) is 5.80. The Hall–Kier alpha value is -1.40. The minimum atomic E-state index is -3.39. The second-order valence-corrected chi connectivity index (χ2v) is 9.11. The van der Waals surface area contributed by atoms with Crippen molar-refractivity contribution in [1.29, 1.82) is 0 Å². The Kier molecular flexibility index (Phi) is 7.52. The van der Waals surface area contributed by atoms with Crippen LogP contribution in [0.4, 0.5) is 4.79 Å². The van der Waals surface area contributed by atoms with Gasteiger partial charge in [-0.05, 0) is 50.5 Å². The zero-order valence-corrected chi connectivity index (χ0v) is 17.6. The van der Waals surface area contributed by atoms with Crippen LogP contribution in [0.15, 0.2) is 30.3 Å². The molecule has 1 amide bonds. The molecular weight excluding hydrogens is 379 g/mol. The number of hydrogen-bond donors (Lipinski definition) is 1. The van der Waals surface area contributed by atoms with Crippen LogP contribution in [-0.2, 0) is 25.0 Å². The molecule has 0 radical (unpaired) electrons. The molecule has 2 aliphatic rings. The van der Waals surface area contributed by atoms with Gasteiger partial charge < -0.3 is 9.64 Å². The molecule has 1 aliphatic carbocycles. The Labute approximate surface area is 167 Å². The summed E-state index contributed by atoms with van der Waals surface area (Å²) in [6, 6.07) is 9.50. The van der Waals surface area contributed by atoms with Crippen molar-refractivity contribution in [2.75, 3.05) is 26.3 Å². The summed E-state index contributed by atoms with van der Waals surface area (Å²) in [7, 11) is -3.39. The van der Waals surface area contributed by atoms with Crippen molar-refractivity contribution in [2.24, 2.45) is 11.8 Å². The van der Waals surface area contributed by atoms with Gasteiger partial charge in [0.25, 0.3) is 0 Å². The van der Waals surface area contributed by atoms with E-state index in [1.54, 1.807) is 18.7 Å². The van der Waals surface area contributed by atoms with Gasteiger partial charge in [-0.3, -0.25) is 9.05 Å². The van der Waals surface area contributed by atoms with E-state index in [0.717, 1.165) is 12.0 Å². The molecule has 156 valence electrons. The Bertz CT molecular complexity index is 672. The van der Waals surface area contributed by atoms with Crippen molar-refractivity contribution in [3.63, 3.8) is 0 Å². The zero-order chi connectivity index (χ0) is 20.0. The van der Waals surface area contributed by atoms with Gasteiger partial charge in [0.15, 0.2) is 0 Å². The SMILES string of the molecule is CCOP(=O)(N[C@@H]1CN(C(=O)OCc2ccccc2)CC[C@H]1C1CC1)OCC. The lowest BCUT2D eigenvalue weighted by atomic mass is 9.88. The second kappa shape index (κ2) is 9.88. The van der Waals surface area contributed by atoms with Gasteiger partial charge in [-0.1, -0.05) is 30.3 Å². The number of nitrogens with zero attached hydrogens (tertiary/aromatic N) is 1. The topological polar surface area (TPSA) is 77.1 Å². The molecule has 8 heteroatoms. The number of likely N-dealkylation sites (tertiary alicyclic amines) is 1. The summed E-state index contributed by atoms with van der Waals surface area (Å²) >= 11 is 0.